The molecule has 0 amide bonds. The van der Waals surface area contributed by atoms with Crippen molar-refractivity contribution in [2.75, 3.05) is 7.11 Å². The molecule has 4 heteroatoms. The van der Waals surface area contributed by atoms with Crippen molar-refractivity contribution in [1.29, 1.82) is 0 Å². The molecule has 3 rings (SSSR count). The number of nitrogens with zero attached hydrogens (tertiary/aromatic N) is 2. The van der Waals surface area contributed by atoms with Crippen LogP contribution in [0.15, 0.2) is 67.3 Å². The lowest BCUT2D eigenvalue weighted by molar-refractivity contribution is 0.414. The zero-order chi connectivity index (χ0) is 16.1. The Morgan fingerprint density at radius 2 is 1.83 bits per heavy atom. The molecule has 0 saturated heterocycles. The molecule has 1 heterocycles. The molecule has 0 spiro atoms. The summed E-state index contributed by atoms with van der Waals surface area (Å²) in [5, 5.41) is 3.55. The van der Waals surface area contributed by atoms with Crippen LogP contribution in [0.1, 0.15) is 24.1 Å². The van der Waals surface area contributed by atoms with Gasteiger partial charge in [0.05, 0.1) is 13.4 Å². The van der Waals surface area contributed by atoms with Crippen LogP contribution in [0.3, 0.4) is 0 Å². The third kappa shape index (κ3) is 3.79. The highest BCUT2D eigenvalue weighted by Gasteiger charge is 2.05. The van der Waals surface area contributed by atoms with Gasteiger partial charge in [0.1, 0.15) is 5.75 Å². The zero-order valence-electron chi connectivity index (χ0n) is 13.4. The maximum Gasteiger partial charge on any atom is 0.118 e. The number of hydrogen-bond acceptors (Lipinski definition) is 3. The maximum atomic E-state index is 5.18. The highest BCUT2D eigenvalue weighted by Crippen LogP contribution is 2.17. The molecule has 118 valence electrons. The summed E-state index contributed by atoms with van der Waals surface area (Å²) in [6, 6.07) is 17.0. The average Bonchev–Trinajstić information content (AvgIpc) is 3.15. The van der Waals surface area contributed by atoms with Crippen LogP contribution < -0.4 is 10.1 Å². The predicted octanol–water partition coefficient (Wildman–Crippen LogP) is 3.73. The van der Waals surface area contributed by atoms with Crippen molar-refractivity contribution in [3.8, 4) is 11.4 Å². The van der Waals surface area contributed by atoms with E-state index < -0.39 is 0 Å². The molecule has 1 atom stereocenters. The zero-order valence-corrected chi connectivity index (χ0v) is 13.4. The minimum Gasteiger partial charge on any atom is -0.497 e. The molecule has 0 bridgehead atoms. The van der Waals surface area contributed by atoms with Crippen molar-refractivity contribution >= 4 is 0 Å². The molecule has 0 aliphatic heterocycles. The quantitative estimate of drug-likeness (QED) is 0.754. The first kappa shape index (κ1) is 15.3. The summed E-state index contributed by atoms with van der Waals surface area (Å²) in [4.78, 5) is 4.07. The minimum absolute atomic E-state index is 0.286. The van der Waals surface area contributed by atoms with Crippen molar-refractivity contribution in [3.63, 3.8) is 0 Å². The second-order valence-electron chi connectivity index (χ2n) is 5.51. The minimum atomic E-state index is 0.286. The van der Waals surface area contributed by atoms with Gasteiger partial charge < -0.3 is 14.6 Å². The van der Waals surface area contributed by atoms with Crippen molar-refractivity contribution in [2.24, 2.45) is 0 Å². The van der Waals surface area contributed by atoms with Gasteiger partial charge in [-0.05, 0) is 42.3 Å². The van der Waals surface area contributed by atoms with Crippen molar-refractivity contribution in [2.45, 2.75) is 19.5 Å². The largest absolute Gasteiger partial charge is 0.497 e. The molecule has 0 unspecified atom stereocenters. The lowest BCUT2D eigenvalue weighted by atomic mass is 10.1. The van der Waals surface area contributed by atoms with E-state index in [1.165, 1.54) is 11.1 Å². The Balaban J connectivity index is 1.60. The van der Waals surface area contributed by atoms with Gasteiger partial charge in [-0.3, -0.25) is 0 Å². The molecular weight excluding hydrogens is 286 g/mol. The molecular formula is C19H21N3O. The first-order chi connectivity index (χ1) is 11.3. The van der Waals surface area contributed by atoms with Crippen LogP contribution in [0.2, 0.25) is 0 Å². The first-order valence-corrected chi connectivity index (χ1v) is 7.71. The van der Waals surface area contributed by atoms with Gasteiger partial charge in [0.2, 0.25) is 0 Å². The Bertz CT molecular complexity index is 718. The van der Waals surface area contributed by atoms with E-state index >= 15 is 0 Å². The molecule has 3 aromatic rings. The molecule has 0 saturated carbocycles. The Hall–Kier alpha value is -2.59. The fourth-order valence-corrected chi connectivity index (χ4v) is 2.48. The monoisotopic (exact) mass is 307 g/mol. The van der Waals surface area contributed by atoms with E-state index in [1.807, 2.05) is 22.9 Å². The topological polar surface area (TPSA) is 39.1 Å². The van der Waals surface area contributed by atoms with E-state index in [0.717, 1.165) is 18.0 Å². The van der Waals surface area contributed by atoms with Crippen molar-refractivity contribution < 1.29 is 4.74 Å². The Kier molecular flexibility index (Phi) is 4.74. The number of aromatic nitrogens is 2. The molecule has 23 heavy (non-hydrogen) atoms. The van der Waals surface area contributed by atoms with Gasteiger partial charge in [0.25, 0.3) is 0 Å². The number of rotatable bonds is 6. The van der Waals surface area contributed by atoms with Crippen LogP contribution in [0, 0.1) is 0 Å². The lowest BCUT2D eigenvalue weighted by Gasteiger charge is -2.15. The predicted molar refractivity (Wildman–Crippen MR) is 91.8 cm³/mol. The second-order valence-corrected chi connectivity index (χ2v) is 5.51. The van der Waals surface area contributed by atoms with Crippen LogP contribution in [0.5, 0.6) is 5.75 Å². The maximum absolute atomic E-state index is 5.18. The van der Waals surface area contributed by atoms with Gasteiger partial charge in [0.15, 0.2) is 0 Å². The summed E-state index contributed by atoms with van der Waals surface area (Å²) in [5.74, 6) is 0.886. The SMILES string of the molecule is COc1ccc(CN[C@H](C)c2ccc(-n3ccnc3)cc2)cc1. The Morgan fingerprint density at radius 3 is 2.43 bits per heavy atom. The number of benzene rings is 2. The summed E-state index contributed by atoms with van der Waals surface area (Å²) in [7, 11) is 1.68. The van der Waals surface area contributed by atoms with E-state index in [4.69, 9.17) is 4.74 Å². The Labute approximate surface area is 136 Å². The number of methoxy groups -OCH3 is 1. The fourth-order valence-electron chi connectivity index (χ4n) is 2.48. The summed E-state index contributed by atoms with van der Waals surface area (Å²) in [6.07, 6.45) is 5.54. The van der Waals surface area contributed by atoms with Crippen molar-refractivity contribution in [1.82, 2.24) is 14.9 Å². The van der Waals surface area contributed by atoms with E-state index in [1.54, 1.807) is 19.6 Å². The average molecular weight is 307 g/mol. The fraction of sp³-hybridized carbons (Fsp3) is 0.211. The van der Waals surface area contributed by atoms with Crippen LogP contribution in [-0.4, -0.2) is 16.7 Å². The molecule has 0 fully saturated rings. The number of imidazole rings is 1. The molecule has 0 aliphatic carbocycles. The van der Waals surface area contributed by atoms with Gasteiger partial charge in [0, 0.05) is 30.7 Å². The van der Waals surface area contributed by atoms with Crippen LogP contribution in [0.25, 0.3) is 5.69 Å². The second kappa shape index (κ2) is 7.11. The Morgan fingerprint density at radius 1 is 1.09 bits per heavy atom. The summed E-state index contributed by atoms with van der Waals surface area (Å²) in [5.41, 5.74) is 3.63. The third-order valence-corrected chi connectivity index (χ3v) is 3.97. The summed E-state index contributed by atoms with van der Waals surface area (Å²) < 4.78 is 7.18. The number of ether oxygens (including phenoxy) is 1. The van der Waals surface area contributed by atoms with Gasteiger partial charge in [-0.2, -0.15) is 0 Å². The highest BCUT2D eigenvalue weighted by atomic mass is 16.5. The molecule has 0 aliphatic rings. The smallest absolute Gasteiger partial charge is 0.118 e. The van der Waals surface area contributed by atoms with Gasteiger partial charge >= 0.3 is 0 Å². The highest BCUT2D eigenvalue weighted by molar-refractivity contribution is 5.35. The van der Waals surface area contributed by atoms with E-state index in [9.17, 15) is 0 Å². The first-order valence-electron chi connectivity index (χ1n) is 7.71. The number of nitrogens with one attached hydrogen (secondary N) is 1. The molecule has 0 radical (unpaired) electrons. The van der Waals surface area contributed by atoms with E-state index in [0.29, 0.717) is 0 Å². The van der Waals surface area contributed by atoms with E-state index in [-0.39, 0.29) is 6.04 Å². The van der Waals surface area contributed by atoms with Crippen molar-refractivity contribution in [3.05, 3.63) is 78.4 Å². The standard InChI is InChI=1S/C19H21N3O/c1-15(21-13-16-3-9-19(23-2)10-4-16)17-5-7-18(8-6-17)22-12-11-20-14-22/h3-12,14-15,21H,13H2,1-2H3/t15-/m1/s1. The molecule has 1 N–H and O–H groups in total. The van der Waals surface area contributed by atoms with Gasteiger partial charge in [-0.25, -0.2) is 4.98 Å². The normalized spacial score (nSPS) is 12.1. The van der Waals surface area contributed by atoms with Gasteiger partial charge in [-0.15, -0.1) is 0 Å². The molecule has 1 aromatic heterocycles. The molecule has 4 nitrogen and oxygen atoms in total. The molecule has 2 aromatic carbocycles. The lowest BCUT2D eigenvalue weighted by Crippen LogP contribution is -2.18. The van der Waals surface area contributed by atoms with Gasteiger partial charge in [-0.1, -0.05) is 24.3 Å². The van der Waals surface area contributed by atoms with E-state index in [2.05, 4.69) is 53.6 Å². The summed E-state index contributed by atoms with van der Waals surface area (Å²) >= 11 is 0. The summed E-state index contributed by atoms with van der Waals surface area (Å²) in [6.45, 7) is 3.00. The third-order valence-electron chi connectivity index (χ3n) is 3.97. The van der Waals surface area contributed by atoms with Crippen LogP contribution >= 0.6 is 0 Å². The number of hydrogen-bond donors (Lipinski definition) is 1. The van der Waals surface area contributed by atoms with Crippen LogP contribution in [0.4, 0.5) is 0 Å². The van der Waals surface area contributed by atoms with Crippen LogP contribution in [-0.2, 0) is 6.54 Å².